The minimum atomic E-state index is -0.292. The van der Waals surface area contributed by atoms with E-state index in [1.807, 2.05) is 13.8 Å². The minimum Gasteiger partial charge on any atom is -0.507 e. The van der Waals surface area contributed by atoms with Gasteiger partial charge in [-0.3, -0.25) is 4.79 Å². The molecule has 0 aromatic heterocycles. The largest absolute Gasteiger partial charge is 0.507 e. The molecule has 0 saturated heterocycles. The molecule has 16 heavy (non-hydrogen) atoms. The zero-order valence-electron chi connectivity index (χ0n) is 9.46. The highest BCUT2D eigenvalue weighted by atomic mass is 79.9. The number of nitrogens with one attached hydrogen (secondary N) is 1. The first-order chi connectivity index (χ1) is 7.52. The fourth-order valence-electron chi connectivity index (χ4n) is 1.22. The van der Waals surface area contributed by atoms with Crippen LogP contribution in [0, 0.1) is 0 Å². The molecule has 2 N–H and O–H groups in total. The molecule has 1 aromatic rings. The summed E-state index contributed by atoms with van der Waals surface area (Å²) in [5.41, 5.74) is 0.0162. The van der Waals surface area contributed by atoms with Gasteiger partial charge in [0.15, 0.2) is 0 Å². The monoisotopic (exact) mass is 285 g/mol. The molecule has 1 unspecified atom stereocenters. The van der Waals surface area contributed by atoms with Gasteiger partial charge < -0.3 is 10.4 Å². The highest BCUT2D eigenvalue weighted by Crippen LogP contribution is 2.18. The smallest absolute Gasteiger partial charge is 0.255 e. The average Bonchev–Trinajstić information content (AvgIpc) is 2.29. The topological polar surface area (TPSA) is 49.3 Å². The van der Waals surface area contributed by atoms with Crippen molar-refractivity contribution < 1.29 is 9.90 Å². The molecule has 0 saturated carbocycles. The Morgan fingerprint density at radius 2 is 2.12 bits per heavy atom. The fraction of sp³-hybridized carbons (Fsp3) is 0.417. The molecule has 0 fully saturated rings. The van der Waals surface area contributed by atoms with E-state index in [-0.39, 0.29) is 17.2 Å². The molecule has 1 aromatic carbocycles. The zero-order valence-corrected chi connectivity index (χ0v) is 11.0. The molecule has 0 heterocycles. The van der Waals surface area contributed by atoms with E-state index in [4.69, 9.17) is 0 Å². The van der Waals surface area contributed by atoms with Crippen LogP contribution in [0.15, 0.2) is 24.3 Å². The van der Waals surface area contributed by atoms with E-state index in [2.05, 4.69) is 21.2 Å². The molecule has 1 atom stereocenters. The number of alkyl halides is 1. The van der Waals surface area contributed by atoms with Gasteiger partial charge >= 0.3 is 0 Å². The Morgan fingerprint density at radius 3 is 2.62 bits per heavy atom. The summed E-state index contributed by atoms with van der Waals surface area (Å²) in [6.45, 7) is 3.96. The van der Waals surface area contributed by atoms with Gasteiger partial charge in [0.1, 0.15) is 5.75 Å². The van der Waals surface area contributed by atoms with Gasteiger partial charge in [-0.1, -0.05) is 35.0 Å². The van der Waals surface area contributed by atoms with Gasteiger partial charge in [-0.25, -0.2) is 0 Å². The number of phenolic OH excluding ortho intramolecular Hbond substituents is 1. The third-order valence-electron chi connectivity index (χ3n) is 2.64. The van der Waals surface area contributed by atoms with E-state index < -0.39 is 0 Å². The molecule has 4 heteroatoms. The van der Waals surface area contributed by atoms with Crippen LogP contribution in [-0.2, 0) is 0 Å². The van der Waals surface area contributed by atoms with Gasteiger partial charge in [0.05, 0.1) is 5.56 Å². The van der Waals surface area contributed by atoms with E-state index in [0.29, 0.717) is 10.9 Å². The average molecular weight is 286 g/mol. The van der Waals surface area contributed by atoms with Crippen LogP contribution in [0.2, 0.25) is 0 Å². The van der Waals surface area contributed by atoms with Crippen LogP contribution >= 0.6 is 15.9 Å². The number of phenols is 1. The molecule has 0 spiro atoms. The van der Waals surface area contributed by atoms with Gasteiger partial charge in [0, 0.05) is 10.9 Å². The number of para-hydroxylation sites is 1. The predicted molar refractivity (Wildman–Crippen MR) is 68.1 cm³/mol. The molecule has 0 aliphatic carbocycles. The number of hydrogen-bond donors (Lipinski definition) is 2. The molecule has 3 nitrogen and oxygen atoms in total. The summed E-state index contributed by atoms with van der Waals surface area (Å²) in [4.78, 5) is 11.9. The lowest BCUT2D eigenvalue weighted by atomic mass is 10.0. The molecule has 0 aliphatic heterocycles. The van der Waals surface area contributed by atoms with E-state index in [1.54, 1.807) is 18.2 Å². The maximum atomic E-state index is 11.9. The second-order valence-electron chi connectivity index (χ2n) is 4.02. The van der Waals surface area contributed by atoms with Crippen LogP contribution in [0.25, 0.3) is 0 Å². The van der Waals surface area contributed by atoms with Crippen molar-refractivity contribution in [3.63, 3.8) is 0 Å². The van der Waals surface area contributed by atoms with Crippen molar-refractivity contribution in [1.29, 1.82) is 0 Å². The molecule has 0 bridgehead atoms. The third-order valence-corrected chi connectivity index (χ3v) is 3.88. The molecule has 1 rings (SSSR count). The number of benzene rings is 1. The summed E-state index contributed by atoms with van der Waals surface area (Å²) in [6, 6.07) is 6.53. The van der Waals surface area contributed by atoms with Crippen LogP contribution in [-0.4, -0.2) is 21.9 Å². The van der Waals surface area contributed by atoms with Gasteiger partial charge in [-0.05, 0) is 25.5 Å². The van der Waals surface area contributed by atoms with E-state index in [1.165, 1.54) is 6.07 Å². The predicted octanol–water partition coefficient (Wildman–Crippen LogP) is 2.69. The second-order valence-corrected chi connectivity index (χ2v) is 4.58. The standard InChI is InChI=1S/C12H16BrNO2/c1-3-12(2,8-13)14-11(16)9-6-4-5-7-10(9)15/h4-7,15H,3,8H2,1-2H3,(H,14,16). The highest BCUT2D eigenvalue weighted by Gasteiger charge is 2.24. The number of carbonyl (C=O) groups is 1. The Bertz CT molecular complexity index is 375. The first-order valence-corrected chi connectivity index (χ1v) is 6.31. The Balaban J connectivity index is 2.84. The first-order valence-electron chi connectivity index (χ1n) is 5.19. The maximum Gasteiger partial charge on any atom is 0.255 e. The fourth-order valence-corrected chi connectivity index (χ4v) is 1.76. The molecule has 88 valence electrons. The Hall–Kier alpha value is -1.03. The van der Waals surface area contributed by atoms with Crippen molar-refractivity contribution in [3.8, 4) is 5.75 Å². The first kappa shape index (κ1) is 13.0. The molecule has 0 radical (unpaired) electrons. The Kier molecular flexibility index (Phi) is 4.35. The van der Waals surface area contributed by atoms with Crippen LogP contribution in [0.5, 0.6) is 5.75 Å². The summed E-state index contributed by atoms with van der Waals surface area (Å²) in [7, 11) is 0. The maximum absolute atomic E-state index is 11.9. The summed E-state index contributed by atoms with van der Waals surface area (Å²) < 4.78 is 0. The Morgan fingerprint density at radius 1 is 1.50 bits per heavy atom. The van der Waals surface area contributed by atoms with Gasteiger partial charge in [-0.2, -0.15) is 0 Å². The summed E-state index contributed by atoms with van der Waals surface area (Å²) in [6.07, 6.45) is 0.817. The van der Waals surface area contributed by atoms with Crippen molar-refractivity contribution >= 4 is 21.8 Å². The van der Waals surface area contributed by atoms with E-state index >= 15 is 0 Å². The summed E-state index contributed by atoms with van der Waals surface area (Å²) >= 11 is 3.37. The molecule has 0 aliphatic rings. The Labute approximate surface area is 104 Å². The van der Waals surface area contributed by atoms with E-state index in [0.717, 1.165) is 6.42 Å². The second kappa shape index (κ2) is 5.34. The van der Waals surface area contributed by atoms with Crippen molar-refractivity contribution in [2.24, 2.45) is 0 Å². The van der Waals surface area contributed by atoms with Crippen molar-refractivity contribution in [2.45, 2.75) is 25.8 Å². The zero-order chi connectivity index (χ0) is 12.2. The van der Waals surface area contributed by atoms with Crippen molar-refractivity contribution in [2.75, 3.05) is 5.33 Å². The lowest BCUT2D eigenvalue weighted by Gasteiger charge is -2.27. The number of rotatable bonds is 4. The van der Waals surface area contributed by atoms with Crippen LogP contribution < -0.4 is 5.32 Å². The lowest BCUT2D eigenvalue weighted by Crippen LogP contribution is -2.46. The number of aromatic hydroxyl groups is 1. The third kappa shape index (κ3) is 2.98. The van der Waals surface area contributed by atoms with Crippen LogP contribution in [0.4, 0.5) is 0 Å². The van der Waals surface area contributed by atoms with Gasteiger partial charge in [-0.15, -0.1) is 0 Å². The quantitative estimate of drug-likeness (QED) is 0.836. The van der Waals surface area contributed by atoms with Crippen LogP contribution in [0.1, 0.15) is 30.6 Å². The number of carbonyl (C=O) groups excluding carboxylic acids is 1. The van der Waals surface area contributed by atoms with Crippen molar-refractivity contribution in [1.82, 2.24) is 5.32 Å². The summed E-state index contributed by atoms with van der Waals surface area (Å²) in [5.74, 6) is -0.241. The van der Waals surface area contributed by atoms with Crippen LogP contribution in [0.3, 0.4) is 0 Å². The summed E-state index contributed by atoms with van der Waals surface area (Å²) in [5, 5.41) is 13.1. The highest BCUT2D eigenvalue weighted by molar-refractivity contribution is 9.09. The normalized spacial score (nSPS) is 14.2. The van der Waals surface area contributed by atoms with E-state index in [9.17, 15) is 9.90 Å². The SMILES string of the molecule is CCC(C)(CBr)NC(=O)c1ccccc1O. The van der Waals surface area contributed by atoms with Crippen molar-refractivity contribution in [3.05, 3.63) is 29.8 Å². The van der Waals surface area contributed by atoms with Gasteiger partial charge in [0.2, 0.25) is 0 Å². The van der Waals surface area contributed by atoms with Gasteiger partial charge in [0.25, 0.3) is 5.91 Å². The number of halogens is 1. The molecule has 1 amide bonds. The molecular formula is C12H16BrNO2. The lowest BCUT2D eigenvalue weighted by molar-refractivity contribution is 0.0910. The minimum absolute atomic E-state index is 0.00743. The number of hydrogen-bond acceptors (Lipinski definition) is 2. The molecular weight excluding hydrogens is 270 g/mol. The number of amides is 1.